The molecule has 0 fully saturated rings. The Bertz CT molecular complexity index is 1310. The summed E-state index contributed by atoms with van der Waals surface area (Å²) < 4.78 is 129. The monoisotopic (exact) mass is 551 g/mol. The van der Waals surface area contributed by atoms with Gasteiger partial charge in [-0.15, -0.1) is 0 Å². The van der Waals surface area contributed by atoms with Crippen molar-refractivity contribution in [1.82, 2.24) is 5.32 Å². The second kappa shape index (κ2) is 10.5. The van der Waals surface area contributed by atoms with Gasteiger partial charge in [-0.25, -0.2) is 8.78 Å². The van der Waals surface area contributed by atoms with Crippen molar-refractivity contribution >= 4 is 5.91 Å². The van der Waals surface area contributed by atoms with E-state index >= 15 is 0 Å². The molecule has 3 aromatic rings. The van der Waals surface area contributed by atoms with Gasteiger partial charge in [0.15, 0.2) is 0 Å². The number of halogens is 9. The Morgan fingerprint density at radius 2 is 1.47 bits per heavy atom. The number of methoxy groups -OCH3 is 1. The summed E-state index contributed by atoms with van der Waals surface area (Å²) in [6.45, 7) is 1.25. The predicted octanol–water partition coefficient (Wildman–Crippen LogP) is 6.92. The lowest BCUT2D eigenvalue weighted by molar-refractivity contribution is -0.253. The molecule has 0 saturated carbocycles. The molecule has 1 unspecified atom stereocenters. The number of rotatable bonds is 8. The first-order chi connectivity index (χ1) is 17.6. The Morgan fingerprint density at radius 3 is 2.03 bits per heavy atom. The number of hydrogen-bond donors (Lipinski definition) is 1. The fraction of sp³-hybridized carbons (Fsp3) is 0.240. The van der Waals surface area contributed by atoms with Crippen LogP contribution in [0.15, 0.2) is 60.7 Å². The van der Waals surface area contributed by atoms with Crippen molar-refractivity contribution in [3.63, 3.8) is 0 Å². The van der Waals surface area contributed by atoms with Gasteiger partial charge < -0.3 is 14.8 Å². The zero-order valence-corrected chi connectivity index (χ0v) is 19.5. The van der Waals surface area contributed by atoms with Gasteiger partial charge in [0.1, 0.15) is 23.1 Å². The summed E-state index contributed by atoms with van der Waals surface area (Å²) in [5, 5.41) is 2.39. The maximum absolute atomic E-state index is 14.4. The van der Waals surface area contributed by atoms with Gasteiger partial charge in [0.25, 0.3) is 5.91 Å². The summed E-state index contributed by atoms with van der Waals surface area (Å²) in [6, 6.07) is 9.02. The normalized spacial score (nSPS) is 13.7. The topological polar surface area (TPSA) is 47.6 Å². The van der Waals surface area contributed by atoms with Gasteiger partial charge in [-0.1, -0.05) is 12.1 Å². The van der Waals surface area contributed by atoms with E-state index in [-0.39, 0.29) is 17.2 Å². The van der Waals surface area contributed by atoms with Crippen molar-refractivity contribution < 1.29 is 53.8 Å². The van der Waals surface area contributed by atoms with Crippen LogP contribution in [0, 0.1) is 11.6 Å². The molecule has 0 aromatic heterocycles. The quantitative estimate of drug-likeness (QED) is 0.309. The smallest absolute Gasteiger partial charge is 0.461 e. The Morgan fingerprint density at radius 1 is 0.842 bits per heavy atom. The van der Waals surface area contributed by atoms with Crippen LogP contribution in [-0.4, -0.2) is 25.6 Å². The lowest BCUT2D eigenvalue weighted by atomic mass is 9.84. The predicted molar refractivity (Wildman–Crippen MR) is 116 cm³/mol. The zero-order valence-electron chi connectivity index (χ0n) is 19.5. The Hall–Kier alpha value is -3.90. The van der Waals surface area contributed by atoms with E-state index in [0.29, 0.717) is 17.9 Å². The van der Waals surface area contributed by atoms with E-state index in [9.17, 15) is 44.3 Å². The van der Waals surface area contributed by atoms with E-state index in [1.807, 2.05) is 0 Å². The third-order valence-corrected chi connectivity index (χ3v) is 5.52. The van der Waals surface area contributed by atoms with Gasteiger partial charge >= 0.3 is 18.7 Å². The molecular weight excluding hydrogens is 533 g/mol. The van der Waals surface area contributed by atoms with Crippen LogP contribution in [0.5, 0.6) is 11.5 Å². The van der Waals surface area contributed by atoms with Crippen LogP contribution in [0.4, 0.5) is 39.5 Å². The van der Waals surface area contributed by atoms with Gasteiger partial charge in [-0.2, -0.15) is 30.7 Å². The molecule has 13 heteroatoms. The Kier molecular flexibility index (Phi) is 7.89. The third-order valence-electron chi connectivity index (χ3n) is 5.52. The van der Waals surface area contributed by atoms with Crippen LogP contribution >= 0.6 is 0 Å². The molecule has 0 spiro atoms. The number of hydrogen-bond acceptors (Lipinski definition) is 3. The lowest BCUT2D eigenvalue weighted by Gasteiger charge is -2.33. The maximum Gasteiger partial charge on any atom is 0.461 e. The molecule has 3 rings (SSSR count). The van der Waals surface area contributed by atoms with Crippen LogP contribution in [0.25, 0.3) is 0 Å². The standard InChI is InChI=1S/C25H18F9NO3/c1-23(14-4-6-17(37-2)7-5-14,15-10-16(26)12-18(11-15)38-25(33,34)22(28)29)35-21(36)13-3-8-20(27)19(9-13)24(30,31)32/h3-12,22H,1-2H3,(H,35,36). The summed E-state index contributed by atoms with van der Waals surface area (Å²) in [7, 11) is 1.35. The molecule has 1 N–H and O–H groups in total. The SMILES string of the molecule is COc1ccc(C(C)(NC(=O)c2ccc(F)c(C(F)(F)F)c2)c2cc(F)cc(OC(F)(F)C(F)F)c2)cc1. The van der Waals surface area contributed by atoms with E-state index in [0.717, 1.165) is 18.2 Å². The summed E-state index contributed by atoms with van der Waals surface area (Å²) in [5.74, 6) is -4.69. The van der Waals surface area contributed by atoms with Crippen LogP contribution in [0.3, 0.4) is 0 Å². The van der Waals surface area contributed by atoms with Crippen molar-refractivity contribution in [2.75, 3.05) is 7.11 Å². The molecule has 0 heterocycles. The molecular formula is C25H18F9NO3. The summed E-state index contributed by atoms with van der Waals surface area (Å²) in [6.07, 6.45) is -14.3. The highest BCUT2D eigenvalue weighted by atomic mass is 19.4. The molecule has 4 nitrogen and oxygen atoms in total. The molecule has 204 valence electrons. The number of benzene rings is 3. The zero-order chi connectivity index (χ0) is 28.5. The number of amides is 1. The summed E-state index contributed by atoms with van der Waals surface area (Å²) in [5.41, 5.74) is -4.35. The number of alkyl halides is 7. The summed E-state index contributed by atoms with van der Waals surface area (Å²) in [4.78, 5) is 13.0. The minimum absolute atomic E-state index is 0.155. The van der Waals surface area contributed by atoms with E-state index in [1.54, 1.807) is 0 Å². The molecule has 1 amide bonds. The average Bonchev–Trinajstić information content (AvgIpc) is 2.82. The first-order valence-electron chi connectivity index (χ1n) is 10.6. The number of nitrogens with one attached hydrogen (secondary N) is 1. The number of ether oxygens (including phenoxy) is 2. The van der Waals surface area contributed by atoms with Crippen molar-refractivity contribution in [1.29, 1.82) is 0 Å². The molecule has 0 bridgehead atoms. The van der Waals surface area contributed by atoms with Gasteiger partial charge in [0.2, 0.25) is 0 Å². The summed E-state index contributed by atoms with van der Waals surface area (Å²) >= 11 is 0. The van der Waals surface area contributed by atoms with E-state index in [1.165, 1.54) is 38.3 Å². The fourth-order valence-corrected chi connectivity index (χ4v) is 3.53. The van der Waals surface area contributed by atoms with Gasteiger partial charge in [0, 0.05) is 11.6 Å². The molecule has 1 atom stereocenters. The highest BCUT2D eigenvalue weighted by Gasteiger charge is 2.44. The minimum atomic E-state index is -5.12. The largest absolute Gasteiger partial charge is 0.497 e. The molecule has 0 aliphatic rings. The Labute approximate surface area is 210 Å². The number of carbonyl (C=O) groups is 1. The molecule has 0 saturated heterocycles. The molecule has 0 aliphatic heterocycles. The van der Waals surface area contributed by atoms with Crippen molar-refractivity contribution in [2.24, 2.45) is 0 Å². The molecule has 0 aliphatic carbocycles. The van der Waals surface area contributed by atoms with E-state index in [2.05, 4.69) is 10.1 Å². The van der Waals surface area contributed by atoms with Crippen LogP contribution < -0.4 is 14.8 Å². The van der Waals surface area contributed by atoms with E-state index in [4.69, 9.17) is 4.74 Å². The lowest BCUT2D eigenvalue weighted by Crippen LogP contribution is -2.44. The van der Waals surface area contributed by atoms with Crippen LogP contribution in [0.1, 0.15) is 34.0 Å². The third kappa shape index (κ3) is 6.14. The molecule has 0 radical (unpaired) electrons. The average molecular weight is 551 g/mol. The minimum Gasteiger partial charge on any atom is -0.497 e. The van der Waals surface area contributed by atoms with Crippen molar-refractivity contribution in [3.8, 4) is 11.5 Å². The van der Waals surface area contributed by atoms with E-state index < -0.39 is 58.7 Å². The van der Waals surface area contributed by atoms with Crippen molar-refractivity contribution in [2.45, 2.75) is 31.2 Å². The van der Waals surface area contributed by atoms with Crippen molar-refractivity contribution in [3.05, 3.63) is 94.6 Å². The maximum atomic E-state index is 14.4. The molecule has 3 aromatic carbocycles. The highest BCUT2D eigenvalue weighted by molar-refractivity contribution is 5.95. The van der Waals surface area contributed by atoms with Gasteiger partial charge in [-0.05, 0) is 60.5 Å². The number of carbonyl (C=O) groups excluding carboxylic acids is 1. The first kappa shape index (κ1) is 28.7. The van der Waals surface area contributed by atoms with Gasteiger partial charge in [-0.3, -0.25) is 4.79 Å². The second-order valence-electron chi connectivity index (χ2n) is 8.14. The second-order valence-corrected chi connectivity index (χ2v) is 8.14. The fourth-order valence-electron chi connectivity index (χ4n) is 3.53. The first-order valence-corrected chi connectivity index (χ1v) is 10.6. The molecule has 38 heavy (non-hydrogen) atoms. The highest BCUT2D eigenvalue weighted by Crippen LogP contribution is 2.37. The Balaban J connectivity index is 2.13. The van der Waals surface area contributed by atoms with Crippen LogP contribution in [-0.2, 0) is 11.7 Å². The van der Waals surface area contributed by atoms with Gasteiger partial charge in [0.05, 0.1) is 18.2 Å². The van der Waals surface area contributed by atoms with Crippen LogP contribution in [0.2, 0.25) is 0 Å².